The third kappa shape index (κ3) is 3.58. The summed E-state index contributed by atoms with van der Waals surface area (Å²) in [5.41, 5.74) is 0.899. The first kappa shape index (κ1) is 15.4. The third-order valence-corrected chi connectivity index (χ3v) is 3.57. The van der Waals surface area contributed by atoms with Crippen molar-refractivity contribution in [3.8, 4) is 17.2 Å². The van der Waals surface area contributed by atoms with Gasteiger partial charge in [0.1, 0.15) is 0 Å². The predicted octanol–water partition coefficient (Wildman–Crippen LogP) is 1.08. The minimum Gasteiger partial charge on any atom is -0.493 e. The highest BCUT2D eigenvalue weighted by molar-refractivity contribution is 5.82. The molecule has 0 aliphatic carbocycles. The molecule has 1 aliphatic rings. The third-order valence-electron chi connectivity index (χ3n) is 3.57. The molecule has 1 amide bonds. The maximum Gasteiger partial charge on any atom is 0.237 e. The number of nitrogens with one attached hydrogen (secondary N) is 2. The van der Waals surface area contributed by atoms with Gasteiger partial charge in [0.15, 0.2) is 11.5 Å². The minimum absolute atomic E-state index is 0.0289. The molecule has 1 fully saturated rings. The first-order valence-corrected chi connectivity index (χ1v) is 6.99. The Hall–Kier alpha value is -1.95. The number of carbonyl (C=O) groups excluding carboxylic acids is 1. The molecule has 0 spiro atoms. The summed E-state index contributed by atoms with van der Waals surface area (Å²) >= 11 is 0. The average molecular weight is 294 g/mol. The van der Waals surface area contributed by atoms with Crippen LogP contribution in [0.3, 0.4) is 0 Å². The van der Waals surface area contributed by atoms with Gasteiger partial charge in [-0.15, -0.1) is 0 Å². The molecule has 2 N–H and O–H groups in total. The van der Waals surface area contributed by atoms with Crippen LogP contribution in [0.1, 0.15) is 18.4 Å². The van der Waals surface area contributed by atoms with E-state index in [2.05, 4.69) is 10.6 Å². The Morgan fingerprint density at radius 1 is 1.24 bits per heavy atom. The molecule has 1 aromatic carbocycles. The van der Waals surface area contributed by atoms with Crippen LogP contribution in [-0.4, -0.2) is 39.8 Å². The van der Waals surface area contributed by atoms with Crippen LogP contribution in [0.5, 0.6) is 17.2 Å². The number of benzene rings is 1. The maximum atomic E-state index is 12.0. The molecule has 6 nitrogen and oxygen atoms in total. The van der Waals surface area contributed by atoms with Crippen molar-refractivity contribution < 1.29 is 19.0 Å². The molecule has 6 heteroatoms. The van der Waals surface area contributed by atoms with Crippen LogP contribution in [0.15, 0.2) is 12.1 Å². The van der Waals surface area contributed by atoms with Crippen molar-refractivity contribution in [2.45, 2.75) is 25.4 Å². The highest BCUT2D eigenvalue weighted by atomic mass is 16.5. The zero-order valence-electron chi connectivity index (χ0n) is 12.7. The molecule has 1 heterocycles. The smallest absolute Gasteiger partial charge is 0.237 e. The van der Waals surface area contributed by atoms with Crippen LogP contribution in [0, 0.1) is 0 Å². The summed E-state index contributed by atoms with van der Waals surface area (Å²) in [6, 6.07) is 3.60. The first-order valence-electron chi connectivity index (χ1n) is 6.99. The Morgan fingerprint density at radius 3 is 2.38 bits per heavy atom. The van der Waals surface area contributed by atoms with Gasteiger partial charge >= 0.3 is 0 Å². The maximum absolute atomic E-state index is 12.0. The van der Waals surface area contributed by atoms with Crippen molar-refractivity contribution >= 4 is 5.91 Å². The van der Waals surface area contributed by atoms with Crippen molar-refractivity contribution in [3.63, 3.8) is 0 Å². The summed E-state index contributed by atoms with van der Waals surface area (Å²) < 4.78 is 15.9. The fraction of sp³-hybridized carbons (Fsp3) is 0.533. The molecular weight excluding hydrogens is 272 g/mol. The lowest BCUT2D eigenvalue weighted by atomic mass is 10.1. The molecule has 0 saturated carbocycles. The second-order valence-corrected chi connectivity index (χ2v) is 4.90. The van der Waals surface area contributed by atoms with E-state index in [9.17, 15) is 4.79 Å². The largest absolute Gasteiger partial charge is 0.493 e. The van der Waals surface area contributed by atoms with Crippen LogP contribution in [0.2, 0.25) is 0 Å². The molecular formula is C15H22N2O4. The standard InChI is InChI=1S/C15H22N2O4/c1-19-12-7-10(8-13(20-2)14(12)21-3)9-17-15(18)11-5-4-6-16-11/h7-8,11,16H,4-6,9H2,1-3H3,(H,17,18)/t11-/m0/s1. The Balaban J connectivity index is 2.07. The van der Waals surface area contributed by atoms with Crippen molar-refractivity contribution in [1.29, 1.82) is 0 Å². The van der Waals surface area contributed by atoms with Crippen LogP contribution in [0.4, 0.5) is 0 Å². The number of methoxy groups -OCH3 is 3. The predicted molar refractivity (Wildman–Crippen MR) is 79.0 cm³/mol. The summed E-state index contributed by atoms with van der Waals surface area (Å²) in [7, 11) is 4.71. The van der Waals surface area contributed by atoms with E-state index in [1.807, 2.05) is 12.1 Å². The van der Waals surface area contributed by atoms with Gasteiger partial charge in [-0.05, 0) is 37.1 Å². The van der Waals surface area contributed by atoms with Crippen molar-refractivity contribution in [1.82, 2.24) is 10.6 Å². The van der Waals surface area contributed by atoms with E-state index < -0.39 is 0 Å². The topological polar surface area (TPSA) is 68.8 Å². The molecule has 2 rings (SSSR count). The van der Waals surface area contributed by atoms with Crippen molar-refractivity contribution in [2.75, 3.05) is 27.9 Å². The van der Waals surface area contributed by atoms with Gasteiger partial charge in [-0.25, -0.2) is 0 Å². The molecule has 1 aromatic rings. The highest BCUT2D eigenvalue weighted by Gasteiger charge is 2.21. The van der Waals surface area contributed by atoms with E-state index in [0.29, 0.717) is 23.8 Å². The second-order valence-electron chi connectivity index (χ2n) is 4.90. The zero-order chi connectivity index (χ0) is 15.2. The Labute approximate surface area is 124 Å². The first-order chi connectivity index (χ1) is 10.2. The van der Waals surface area contributed by atoms with Crippen LogP contribution < -0.4 is 24.8 Å². The number of ether oxygens (including phenoxy) is 3. The Kier molecular flexibility index (Phi) is 5.27. The second kappa shape index (κ2) is 7.17. The van der Waals surface area contributed by atoms with Crippen LogP contribution in [0.25, 0.3) is 0 Å². The number of amides is 1. The van der Waals surface area contributed by atoms with Gasteiger partial charge < -0.3 is 24.8 Å². The number of hydrogen-bond donors (Lipinski definition) is 2. The van der Waals surface area contributed by atoms with E-state index in [0.717, 1.165) is 24.9 Å². The molecule has 1 atom stereocenters. The van der Waals surface area contributed by atoms with Gasteiger partial charge in [0.2, 0.25) is 11.7 Å². The molecule has 1 saturated heterocycles. The minimum atomic E-state index is -0.0768. The average Bonchev–Trinajstić information content (AvgIpc) is 3.05. The number of carbonyl (C=O) groups is 1. The lowest BCUT2D eigenvalue weighted by Crippen LogP contribution is -2.40. The molecule has 21 heavy (non-hydrogen) atoms. The molecule has 116 valence electrons. The summed E-state index contributed by atoms with van der Waals surface area (Å²) in [6.45, 7) is 1.33. The lowest BCUT2D eigenvalue weighted by Gasteiger charge is -2.15. The van der Waals surface area contributed by atoms with Crippen LogP contribution in [-0.2, 0) is 11.3 Å². The summed E-state index contributed by atoms with van der Waals surface area (Å²) in [6.07, 6.45) is 1.93. The monoisotopic (exact) mass is 294 g/mol. The van der Waals surface area contributed by atoms with E-state index >= 15 is 0 Å². The van der Waals surface area contributed by atoms with E-state index in [4.69, 9.17) is 14.2 Å². The van der Waals surface area contributed by atoms with Gasteiger partial charge in [-0.3, -0.25) is 4.79 Å². The van der Waals surface area contributed by atoms with Crippen LogP contribution >= 0.6 is 0 Å². The van der Waals surface area contributed by atoms with Gasteiger partial charge in [0.05, 0.1) is 27.4 Å². The fourth-order valence-electron chi connectivity index (χ4n) is 2.46. The zero-order valence-corrected chi connectivity index (χ0v) is 12.7. The van der Waals surface area contributed by atoms with Crippen molar-refractivity contribution in [2.24, 2.45) is 0 Å². The Morgan fingerprint density at radius 2 is 1.90 bits per heavy atom. The molecule has 0 aromatic heterocycles. The van der Waals surface area contributed by atoms with Crippen molar-refractivity contribution in [3.05, 3.63) is 17.7 Å². The van der Waals surface area contributed by atoms with E-state index in [-0.39, 0.29) is 11.9 Å². The fourth-order valence-corrected chi connectivity index (χ4v) is 2.46. The van der Waals surface area contributed by atoms with E-state index in [1.54, 1.807) is 21.3 Å². The normalized spacial score (nSPS) is 17.4. The molecule has 0 unspecified atom stereocenters. The molecule has 1 aliphatic heterocycles. The molecule has 0 bridgehead atoms. The highest BCUT2D eigenvalue weighted by Crippen LogP contribution is 2.38. The van der Waals surface area contributed by atoms with Gasteiger partial charge in [0, 0.05) is 6.54 Å². The lowest BCUT2D eigenvalue weighted by molar-refractivity contribution is -0.122. The van der Waals surface area contributed by atoms with Gasteiger partial charge in [0.25, 0.3) is 0 Å². The number of rotatable bonds is 6. The SMILES string of the molecule is COc1cc(CNC(=O)[C@@H]2CCCN2)cc(OC)c1OC. The summed E-state index contributed by atoms with van der Waals surface area (Å²) in [5.74, 6) is 1.74. The van der Waals surface area contributed by atoms with E-state index in [1.165, 1.54) is 0 Å². The molecule has 0 radical (unpaired) electrons. The van der Waals surface area contributed by atoms with Gasteiger partial charge in [-0.1, -0.05) is 0 Å². The summed E-state index contributed by atoms with van der Waals surface area (Å²) in [5, 5.41) is 6.10. The van der Waals surface area contributed by atoms with Gasteiger partial charge in [-0.2, -0.15) is 0 Å². The number of hydrogen-bond acceptors (Lipinski definition) is 5. The quantitative estimate of drug-likeness (QED) is 0.822. The summed E-state index contributed by atoms with van der Waals surface area (Å²) in [4.78, 5) is 12.0. The Bertz CT molecular complexity index is 473.